The minimum atomic E-state index is 0.0443. The lowest BCUT2D eigenvalue weighted by molar-refractivity contribution is -0.125. The van der Waals surface area contributed by atoms with Crippen molar-refractivity contribution in [1.82, 2.24) is 15.3 Å². The van der Waals surface area contributed by atoms with E-state index in [1.54, 1.807) is 11.8 Å². The van der Waals surface area contributed by atoms with E-state index in [1.807, 2.05) is 18.2 Å². The van der Waals surface area contributed by atoms with Crippen molar-refractivity contribution in [2.75, 3.05) is 36.5 Å². The minimum absolute atomic E-state index is 0.0443. The molecule has 1 saturated heterocycles. The van der Waals surface area contributed by atoms with Crippen molar-refractivity contribution in [3.05, 3.63) is 41.6 Å². The summed E-state index contributed by atoms with van der Waals surface area (Å²) in [4.78, 5) is 24.8. The summed E-state index contributed by atoms with van der Waals surface area (Å²) in [5, 5.41) is 3.10. The fourth-order valence-electron chi connectivity index (χ4n) is 4.19. The van der Waals surface area contributed by atoms with E-state index in [1.165, 1.54) is 11.3 Å². The van der Waals surface area contributed by atoms with Gasteiger partial charge in [-0.3, -0.25) is 4.79 Å². The third-order valence-corrected chi connectivity index (χ3v) is 6.25. The van der Waals surface area contributed by atoms with Crippen LogP contribution in [0.5, 0.6) is 0 Å². The van der Waals surface area contributed by atoms with Gasteiger partial charge in [0.1, 0.15) is 5.82 Å². The Labute approximate surface area is 171 Å². The monoisotopic (exact) mass is 396 g/mol. The molecule has 1 aliphatic carbocycles. The third kappa shape index (κ3) is 4.17. The van der Waals surface area contributed by atoms with Crippen LogP contribution < -0.4 is 10.2 Å². The summed E-state index contributed by atoms with van der Waals surface area (Å²) in [5.74, 6) is 3.06. The van der Waals surface area contributed by atoms with Gasteiger partial charge in [-0.15, -0.1) is 0 Å². The number of carbonyl (C=O) groups excluding carboxylic acids is 1. The quantitative estimate of drug-likeness (QED) is 0.759. The van der Waals surface area contributed by atoms with Crippen LogP contribution in [0.25, 0.3) is 11.4 Å². The predicted octanol–water partition coefficient (Wildman–Crippen LogP) is 3.33. The highest BCUT2D eigenvalue weighted by Crippen LogP contribution is 2.33. The first-order valence-electron chi connectivity index (χ1n) is 10.2. The van der Waals surface area contributed by atoms with Crippen LogP contribution in [-0.4, -0.2) is 47.5 Å². The molecule has 1 aromatic heterocycles. The summed E-state index contributed by atoms with van der Waals surface area (Å²) in [7, 11) is 0. The molecule has 0 bridgehead atoms. The molecule has 0 spiro atoms. The topological polar surface area (TPSA) is 58.1 Å². The van der Waals surface area contributed by atoms with Gasteiger partial charge in [0.2, 0.25) is 5.91 Å². The van der Waals surface area contributed by atoms with Gasteiger partial charge < -0.3 is 10.2 Å². The van der Waals surface area contributed by atoms with Gasteiger partial charge >= 0.3 is 0 Å². The molecule has 1 atom stereocenters. The molecule has 6 heteroatoms. The maximum atomic E-state index is 12.6. The number of nitrogens with zero attached hydrogens (tertiary/aromatic N) is 3. The number of thioether (sulfide) groups is 1. The lowest BCUT2D eigenvalue weighted by Crippen LogP contribution is -2.44. The van der Waals surface area contributed by atoms with Gasteiger partial charge in [0, 0.05) is 42.2 Å². The molecule has 4 rings (SSSR count). The second kappa shape index (κ2) is 8.95. The van der Waals surface area contributed by atoms with Crippen LogP contribution in [0.15, 0.2) is 30.3 Å². The van der Waals surface area contributed by atoms with Crippen molar-refractivity contribution < 1.29 is 4.79 Å². The number of nitrogens with one attached hydrogen (secondary N) is 1. The molecule has 5 nitrogen and oxygen atoms in total. The van der Waals surface area contributed by atoms with Crippen LogP contribution in [0.4, 0.5) is 5.82 Å². The number of benzene rings is 1. The number of hydrogen-bond donors (Lipinski definition) is 1. The van der Waals surface area contributed by atoms with Crippen LogP contribution >= 0.6 is 11.8 Å². The second-order valence-corrected chi connectivity index (χ2v) is 8.57. The van der Waals surface area contributed by atoms with E-state index in [-0.39, 0.29) is 11.8 Å². The molecule has 1 aromatic carbocycles. The van der Waals surface area contributed by atoms with E-state index >= 15 is 0 Å². The standard InChI is InChI=1S/C22H28N4OS/c1-28-14-12-23-22(27)17-9-6-13-26(15-17)21-18-10-5-11-19(18)24-20(25-21)16-7-3-2-4-8-16/h2-4,7-8,17H,5-6,9-15H2,1H3,(H,23,27). The van der Waals surface area contributed by atoms with E-state index in [4.69, 9.17) is 9.97 Å². The Morgan fingerprint density at radius 2 is 2.07 bits per heavy atom. The SMILES string of the molecule is CSCCNC(=O)C1CCCN(c2nc(-c3ccccc3)nc3c2CCC3)C1. The number of piperidine rings is 1. The van der Waals surface area contributed by atoms with Gasteiger partial charge in [0.25, 0.3) is 0 Å². The Morgan fingerprint density at radius 3 is 2.89 bits per heavy atom. The van der Waals surface area contributed by atoms with Crippen molar-refractivity contribution in [2.45, 2.75) is 32.1 Å². The number of fused-ring (bicyclic) bond motifs is 1. The molecule has 1 unspecified atom stereocenters. The second-order valence-electron chi connectivity index (χ2n) is 7.58. The predicted molar refractivity (Wildman–Crippen MR) is 116 cm³/mol. The van der Waals surface area contributed by atoms with Crippen molar-refractivity contribution in [2.24, 2.45) is 5.92 Å². The molecule has 28 heavy (non-hydrogen) atoms. The van der Waals surface area contributed by atoms with E-state index in [9.17, 15) is 4.79 Å². The van der Waals surface area contributed by atoms with Crippen molar-refractivity contribution in [3.63, 3.8) is 0 Å². The minimum Gasteiger partial charge on any atom is -0.355 e. The summed E-state index contributed by atoms with van der Waals surface area (Å²) in [5.41, 5.74) is 3.54. The summed E-state index contributed by atoms with van der Waals surface area (Å²) in [6.45, 7) is 2.46. The van der Waals surface area contributed by atoms with E-state index in [0.717, 1.165) is 74.7 Å². The molecular formula is C22H28N4OS. The Morgan fingerprint density at radius 1 is 1.21 bits per heavy atom. The van der Waals surface area contributed by atoms with Gasteiger partial charge in [0.15, 0.2) is 5.82 Å². The molecule has 2 aromatic rings. The largest absolute Gasteiger partial charge is 0.355 e. The lowest BCUT2D eigenvalue weighted by atomic mass is 9.96. The normalized spacial score (nSPS) is 18.8. The smallest absolute Gasteiger partial charge is 0.224 e. The van der Waals surface area contributed by atoms with Crippen LogP contribution in [0.2, 0.25) is 0 Å². The van der Waals surface area contributed by atoms with Crippen molar-refractivity contribution in [1.29, 1.82) is 0 Å². The van der Waals surface area contributed by atoms with Gasteiger partial charge in [-0.2, -0.15) is 11.8 Å². The van der Waals surface area contributed by atoms with Gasteiger partial charge in [-0.25, -0.2) is 9.97 Å². The first-order chi connectivity index (χ1) is 13.8. The maximum absolute atomic E-state index is 12.6. The zero-order chi connectivity index (χ0) is 19.3. The first-order valence-corrected chi connectivity index (χ1v) is 11.6. The summed E-state index contributed by atoms with van der Waals surface area (Å²) in [6.07, 6.45) is 7.26. The van der Waals surface area contributed by atoms with Crippen molar-refractivity contribution >= 4 is 23.5 Å². The number of rotatable bonds is 6. The molecule has 1 fully saturated rings. The number of anilines is 1. The highest BCUT2D eigenvalue weighted by atomic mass is 32.2. The molecule has 2 heterocycles. The molecule has 0 radical (unpaired) electrons. The Bertz CT molecular complexity index is 827. The summed E-state index contributed by atoms with van der Waals surface area (Å²) >= 11 is 1.76. The molecular weight excluding hydrogens is 368 g/mol. The fourth-order valence-corrected chi connectivity index (χ4v) is 4.50. The Kier molecular flexibility index (Phi) is 6.15. The highest BCUT2D eigenvalue weighted by Gasteiger charge is 2.30. The van der Waals surface area contributed by atoms with Crippen LogP contribution in [0.3, 0.4) is 0 Å². The number of aryl methyl sites for hydroxylation is 1. The van der Waals surface area contributed by atoms with E-state index < -0.39 is 0 Å². The zero-order valence-electron chi connectivity index (χ0n) is 16.5. The zero-order valence-corrected chi connectivity index (χ0v) is 17.3. The number of hydrogen-bond acceptors (Lipinski definition) is 5. The third-order valence-electron chi connectivity index (χ3n) is 5.64. The maximum Gasteiger partial charge on any atom is 0.224 e. The van der Waals surface area contributed by atoms with Crippen LogP contribution in [0, 0.1) is 5.92 Å². The molecule has 1 N–H and O–H groups in total. The lowest BCUT2D eigenvalue weighted by Gasteiger charge is -2.34. The Balaban J connectivity index is 1.58. The average Bonchev–Trinajstić information content (AvgIpc) is 3.22. The van der Waals surface area contributed by atoms with Crippen molar-refractivity contribution in [3.8, 4) is 11.4 Å². The van der Waals surface area contributed by atoms with Gasteiger partial charge in [-0.05, 0) is 38.4 Å². The molecule has 148 valence electrons. The highest BCUT2D eigenvalue weighted by molar-refractivity contribution is 7.98. The average molecular weight is 397 g/mol. The van der Waals surface area contributed by atoms with Crippen LogP contribution in [0.1, 0.15) is 30.5 Å². The van der Waals surface area contributed by atoms with Crippen LogP contribution in [-0.2, 0) is 17.6 Å². The molecule has 2 aliphatic rings. The Hall–Kier alpha value is -2.08. The number of aromatic nitrogens is 2. The first kappa shape index (κ1) is 19.2. The molecule has 0 saturated carbocycles. The molecule has 1 amide bonds. The van der Waals surface area contributed by atoms with Gasteiger partial charge in [-0.1, -0.05) is 30.3 Å². The number of amides is 1. The molecule has 1 aliphatic heterocycles. The van der Waals surface area contributed by atoms with E-state index in [2.05, 4.69) is 28.6 Å². The van der Waals surface area contributed by atoms with Gasteiger partial charge in [0.05, 0.1) is 5.92 Å². The fraction of sp³-hybridized carbons (Fsp3) is 0.500. The summed E-state index contributed by atoms with van der Waals surface area (Å²) in [6, 6.07) is 10.2. The van der Waals surface area contributed by atoms with E-state index in [0.29, 0.717) is 0 Å². The summed E-state index contributed by atoms with van der Waals surface area (Å²) < 4.78 is 0. The number of carbonyl (C=O) groups is 1.